The largest absolute Gasteiger partial charge is 0.496 e. The first-order valence-electron chi connectivity index (χ1n) is 11.0. The van der Waals surface area contributed by atoms with E-state index in [1.54, 1.807) is 6.07 Å². The zero-order valence-electron chi connectivity index (χ0n) is 19.2. The van der Waals surface area contributed by atoms with Gasteiger partial charge in [-0.25, -0.2) is 13.8 Å². The van der Waals surface area contributed by atoms with Crippen LogP contribution in [0.15, 0.2) is 27.8 Å². The highest BCUT2D eigenvalue weighted by atomic mass is 32.1. The standard InChI is InChI=1S/C24H28FN3O4S/c1-13-18-20(29)28(24(2,3)22(26)30)23(31)27(21(18)33-19(13)14-6-5-7-14)11-10-15-12-16(25)8-9-17(15)32-4/h8-9,12,14H,5-7,10-11H2,1-4H3,(H2,26,30). The van der Waals surface area contributed by atoms with Crippen LogP contribution in [0.3, 0.4) is 0 Å². The second kappa shape index (κ2) is 8.44. The molecule has 1 aliphatic rings. The summed E-state index contributed by atoms with van der Waals surface area (Å²) >= 11 is 1.47. The van der Waals surface area contributed by atoms with E-state index in [4.69, 9.17) is 10.5 Å². The Morgan fingerprint density at radius 2 is 2.00 bits per heavy atom. The fourth-order valence-electron chi connectivity index (χ4n) is 4.40. The van der Waals surface area contributed by atoms with Gasteiger partial charge in [-0.3, -0.25) is 14.2 Å². The SMILES string of the molecule is COc1ccc(F)cc1CCn1c(=O)n(C(C)(C)C(N)=O)c(=O)c2c(C)c(C3CCC3)sc21. The number of benzene rings is 1. The van der Waals surface area contributed by atoms with Crippen LogP contribution in [0.25, 0.3) is 10.2 Å². The Labute approximate surface area is 194 Å². The van der Waals surface area contributed by atoms with Gasteiger partial charge in [0.05, 0.1) is 12.5 Å². The first-order chi connectivity index (χ1) is 15.6. The molecule has 0 saturated heterocycles. The zero-order valence-corrected chi connectivity index (χ0v) is 20.1. The number of fused-ring (bicyclic) bond motifs is 1. The Kier molecular flexibility index (Phi) is 5.94. The lowest BCUT2D eigenvalue weighted by molar-refractivity contribution is -0.125. The molecule has 1 aliphatic carbocycles. The molecule has 33 heavy (non-hydrogen) atoms. The highest BCUT2D eigenvalue weighted by Crippen LogP contribution is 2.43. The van der Waals surface area contributed by atoms with E-state index in [-0.39, 0.29) is 6.54 Å². The fraction of sp³-hybridized carbons (Fsp3) is 0.458. The molecule has 3 aromatic rings. The quantitative estimate of drug-likeness (QED) is 0.569. The summed E-state index contributed by atoms with van der Waals surface area (Å²) in [6.45, 7) is 5.03. The van der Waals surface area contributed by atoms with Gasteiger partial charge in [-0.15, -0.1) is 11.3 Å². The summed E-state index contributed by atoms with van der Waals surface area (Å²) in [6.07, 6.45) is 3.56. The normalized spacial score (nSPS) is 14.5. The predicted octanol–water partition coefficient (Wildman–Crippen LogP) is 3.41. The first kappa shape index (κ1) is 23.2. The average Bonchev–Trinajstić information content (AvgIpc) is 3.03. The van der Waals surface area contributed by atoms with Crippen LogP contribution in [0.4, 0.5) is 4.39 Å². The number of aromatic nitrogens is 2. The zero-order chi connectivity index (χ0) is 24.1. The van der Waals surface area contributed by atoms with E-state index >= 15 is 0 Å². The van der Waals surface area contributed by atoms with Crippen molar-refractivity contribution in [3.63, 3.8) is 0 Å². The molecule has 1 amide bonds. The van der Waals surface area contributed by atoms with Gasteiger partial charge in [0.15, 0.2) is 0 Å². The summed E-state index contributed by atoms with van der Waals surface area (Å²) in [5.41, 5.74) is 4.42. The maximum absolute atomic E-state index is 13.9. The van der Waals surface area contributed by atoms with Crippen LogP contribution in [0.1, 0.15) is 55.0 Å². The van der Waals surface area contributed by atoms with Crippen molar-refractivity contribution >= 4 is 27.5 Å². The first-order valence-corrected chi connectivity index (χ1v) is 11.8. The van der Waals surface area contributed by atoms with E-state index in [9.17, 15) is 18.8 Å². The van der Waals surface area contributed by atoms with E-state index < -0.39 is 28.5 Å². The molecule has 0 spiro atoms. The average molecular weight is 474 g/mol. The van der Waals surface area contributed by atoms with Gasteiger partial charge in [0.25, 0.3) is 5.56 Å². The fourth-order valence-corrected chi connectivity index (χ4v) is 5.89. The van der Waals surface area contributed by atoms with Crippen molar-refractivity contribution in [2.75, 3.05) is 7.11 Å². The maximum atomic E-state index is 13.9. The van der Waals surface area contributed by atoms with E-state index in [1.165, 1.54) is 49.0 Å². The van der Waals surface area contributed by atoms with E-state index in [0.717, 1.165) is 34.3 Å². The van der Waals surface area contributed by atoms with Crippen LogP contribution < -0.4 is 21.7 Å². The molecule has 176 valence electrons. The molecule has 2 aromatic heterocycles. The number of rotatable bonds is 7. The van der Waals surface area contributed by atoms with Crippen LogP contribution in [-0.4, -0.2) is 22.2 Å². The van der Waals surface area contributed by atoms with Gasteiger partial charge >= 0.3 is 5.69 Å². The number of thiophene rings is 1. The van der Waals surface area contributed by atoms with Crippen LogP contribution >= 0.6 is 11.3 Å². The van der Waals surface area contributed by atoms with Crippen molar-refractivity contribution in [3.8, 4) is 5.75 Å². The number of primary amides is 1. The lowest BCUT2D eigenvalue weighted by Gasteiger charge is -2.25. The number of carbonyl (C=O) groups is 1. The van der Waals surface area contributed by atoms with Crippen molar-refractivity contribution in [2.45, 2.75) is 64.5 Å². The molecule has 0 aliphatic heterocycles. The second-order valence-electron chi connectivity index (χ2n) is 9.10. The molecule has 0 radical (unpaired) electrons. The number of methoxy groups -OCH3 is 1. The Hall–Kier alpha value is -2.94. The maximum Gasteiger partial charge on any atom is 0.333 e. The molecule has 9 heteroatoms. The molecule has 2 heterocycles. The molecule has 4 rings (SSSR count). The predicted molar refractivity (Wildman–Crippen MR) is 127 cm³/mol. The highest BCUT2D eigenvalue weighted by Gasteiger charge is 2.34. The highest BCUT2D eigenvalue weighted by molar-refractivity contribution is 7.19. The van der Waals surface area contributed by atoms with Gasteiger partial charge in [0.2, 0.25) is 5.91 Å². The van der Waals surface area contributed by atoms with E-state index in [2.05, 4.69) is 0 Å². The van der Waals surface area contributed by atoms with E-state index in [0.29, 0.717) is 33.9 Å². The molecule has 0 bridgehead atoms. The number of carbonyl (C=O) groups excluding carboxylic acids is 1. The van der Waals surface area contributed by atoms with Gasteiger partial charge in [0.1, 0.15) is 21.9 Å². The summed E-state index contributed by atoms with van der Waals surface area (Å²) in [6, 6.07) is 4.24. The smallest absolute Gasteiger partial charge is 0.333 e. The molecule has 2 N–H and O–H groups in total. The Balaban J connectivity index is 1.94. The lowest BCUT2D eigenvalue weighted by atomic mass is 9.83. The summed E-state index contributed by atoms with van der Waals surface area (Å²) in [5.74, 6) is -0.274. The van der Waals surface area contributed by atoms with Gasteiger partial charge in [-0.05, 0) is 75.3 Å². The number of halogens is 1. The summed E-state index contributed by atoms with van der Waals surface area (Å²) in [4.78, 5) is 41.0. The van der Waals surface area contributed by atoms with Crippen LogP contribution in [0, 0.1) is 12.7 Å². The number of aryl methyl sites for hydroxylation is 3. The van der Waals surface area contributed by atoms with E-state index in [1.807, 2.05) is 6.92 Å². The Morgan fingerprint density at radius 3 is 2.58 bits per heavy atom. The lowest BCUT2D eigenvalue weighted by Crippen LogP contribution is -2.54. The molecule has 0 atom stereocenters. The summed E-state index contributed by atoms with van der Waals surface area (Å²) in [7, 11) is 1.50. The monoisotopic (exact) mass is 473 g/mol. The summed E-state index contributed by atoms with van der Waals surface area (Å²) in [5, 5.41) is 0.446. The van der Waals surface area contributed by atoms with Crippen molar-refractivity contribution in [3.05, 3.63) is 60.9 Å². The summed E-state index contributed by atoms with van der Waals surface area (Å²) < 4.78 is 21.7. The molecular weight excluding hydrogens is 445 g/mol. The van der Waals surface area contributed by atoms with Crippen molar-refractivity contribution in [1.29, 1.82) is 0 Å². The third-order valence-electron chi connectivity index (χ3n) is 6.73. The molecule has 0 unspecified atom stereocenters. The Morgan fingerprint density at radius 1 is 1.30 bits per heavy atom. The second-order valence-corrected chi connectivity index (χ2v) is 10.1. The third-order valence-corrected chi connectivity index (χ3v) is 8.21. The topological polar surface area (TPSA) is 96.3 Å². The number of amides is 1. The minimum atomic E-state index is -1.51. The number of hydrogen-bond acceptors (Lipinski definition) is 5. The molecule has 1 aromatic carbocycles. The number of nitrogens with two attached hydrogens (primary N) is 1. The van der Waals surface area contributed by atoms with Gasteiger partial charge < -0.3 is 10.5 Å². The van der Waals surface area contributed by atoms with Gasteiger partial charge in [-0.1, -0.05) is 6.42 Å². The molecular formula is C24H28FN3O4S. The number of ether oxygens (including phenoxy) is 1. The van der Waals surface area contributed by atoms with Crippen molar-refractivity contribution in [2.24, 2.45) is 5.73 Å². The molecule has 1 fully saturated rings. The molecule has 1 saturated carbocycles. The third kappa shape index (κ3) is 3.78. The van der Waals surface area contributed by atoms with Crippen molar-refractivity contribution in [1.82, 2.24) is 9.13 Å². The van der Waals surface area contributed by atoms with Crippen LogP contribution in [0.5, 0.6) is 5.75 Å². The van der Waals surface area contributed by atoms with Crippen LogP contribution in [0.2, 0.25) is 0 Å². The molecule has 7 nitrogen and oxygen atoms in total. The minimum absolute atomic E-state index is 0.189. The number of nitrogens with zero attached hydrogens (tertiary/aromatic N) is 2. The Bertz CT molecular complexity index is 1360. The number of hydrogen-bond donors (Lipinski definition) is 1. The van der Waals surface area contributed by atoms with Gasteiger partial charge in [0, 0.05) is 11.4 Å². The van der Waals surface area contributed by atoms with Crippen molar-refractivity contribution < 1.29 is 13.9 Å². The van der Waals surface area contributed by atoms with Crippen LogP contribution in [-0.2, 0) is 23.3 Å². The minimum Gasteiger partial charge on any atom is -0.496 e. The van der Waals surface area contributed by atoms with Gasteiger partial charge in [-0.2, -0.15) is 0 Å².